The molecule has 1 aliphatic heterocycles. The van der Waals surface area contributed by atoms with Gasteiger partial charge in [-0.2, -0.15) is 0 Å². The Kier molecular flexibility index (Phi) is 41.0. The first-order valence-electron chi connectivity index (χ1n) is 26.7. The Morgan fingerprint density at radius 1 is 0.443 bits per heavy atom. The molecule has 0 radical (unpaired) electrons. The van der Waals surface area contributed by atoms with E-state index in [1.165, 1.54) is 128 Å². The minimum absolute atomic E-state index is 0.00554. The van der Waals surface area contributed by atoms with Gasteiger partial charge in [0.2, 0.25) is 0 Å². The highest BCUT2D eigenvalue weighted by Crippen LogP contribution is 2.24. The van der Waals surface area contributed by atoms with E-state index in [4.69, 9.17) is 18.9 Å². The van der Waals surface area contributed by atoms with Crippen LogP contribution in [0.2, 0.25) is 0 Å². The van der Waals surface area contributed by atoms with Gasteiger partial charge in [-0.1, -0.05) is 169 Å². The van der Waals surface area contributed by atoms with Crippen molar-refractivity contribution in [3.8, 4) is 0 Å². The molecule has 1 fully saturated rings. The molecule has 0 aromatic carbocycles. The third-order valence-electron chi connectivity index (χ3n) is 12.9. The van der Waals surface area contributed by atoms with E-state index in [-0.39, 0.29) is 24.0 Å². The van der Waals surface area contributed by atoms with Crippen molar-refractivity contribution in [1.29, 1.82) is 0 Å². The fraction of sp³-hybridized carbons (Fsp3) is 0.943. The van der Waals surface area contributed by atoms with E-state index in [0.717, 1.165) is 116 Å². The zero-order valence-corrected chi connectivity index (χ0v) is 40.9. The Labute approximate surface area is 377 Å². The number of morpholine rings is 1. The molecular formula is C53H101NO7. The third kappa shape index (κ3) is 37.4. The van der Waals surface area contributed by atoms with Crippen molar-refractivity contribution in [2.45, 2.75) is 265 Å². The van der Waals surface area contributed by atoms with Crippen molar-refractivity contribution in [3.05, 3.63) is 0 Å². The van der Waals surface area contributed by atoms with Crippen LogP contribution in [0.3, 0.4) is 0 Å². The smallest absolute Gasteiger partial charge is 0.306 e. The summed E-state index contributed by atoms with van der Waals surface area (Å²) in [7, 11) is 0. The molecule has 360 valence electrons. The van der Waals surface area contributed by atoms with Crippen molar-refractivity contribution in [1.82, 2.24) is 4.90 Å². The highest BCUT2D eigenvalue weighted by Gasteiger charge is 2.18. The van der Waals surface area contributed by atoms with E-state index in [0.29, 0.717) is 44.3 Å². The van der Waals surface area contributed by atoms with Gasteiger partial charge < -0.3 is 18.9 Å². The molecule has 8 heteroatoms. The topological polar surface area (TPSA) is 91.4 Å². The predicted octanol–water partition coefficient (Wildman–Crippen LogP) is 14.7. The molecule has 61 heavy (non-hydrogen) atoms. The molecule has 1 saturated heterocycles. The number of ether oxygens (including phenoxy) is 4. The molecule has 0 atom stereocenters. The SMILES string of the molecule is CCCCCC(CCCCC)CC(=O)OCCCCCCCCCC(CCCCCCCCCOC(=O)CC(CCCCC)CCCCC)OC(=O)CCCN1CCOCC1. The van der Waals surface area contributed by atoms with Crippen LogP contribution in [0.25, 0.3) is 0 Å². The lowest BCUT2D eigenvalue weighted by Gasteiger charge is -2.26. The molecule has 1 heterocycles. The molecule has 0 N–H and O–H groups in total. The number of esters is 3. The maximum absolute atomic E-state index is 12.9. The number of hydrogen-bond donors (Lipinski definition) is 0. The molecule has 0 aliphatic carbocycles. The van der Waals surface area contributed by atoms with Gasteiger partial charge in [0.15, 0.2) is 0 Å². The number of hydrogen-bond acceptors (Lipinski definition) is 8. The van der Waals surface area contributed by atoms with Crippen LogP contribution in [0.15, 0.2) is 0 Å². The second-order valence-electron chi connectivity index (χ2n) is 18.8. The first-order chi connectivity index (χ1) is 29.9. The first-order valence-corrected chi connectivity index (χ1v) is 26.7. The normalized spacial score (nSPS) is 13.4. The van der Waals surface area contributed by atoms with Crippen LogP contribution in [0.5, 0.6) is 0 Å². The Morgan fingerprint density at radius 2 is 0.803 bits per heavy atom. The van der Waals surface area contributed by atoms with Gasteiger partial charge in [0.25, 0.3) is 0 Å². The molecule has 0 bridgehead atoms. The molecule has 0 saturated carbocycles. The molecule has 0 unspecified atom stereocenters. The van der Waals surface area contributed by atoms with E-state index >= 15 is 0 Å². The number of rotatable bonds is 45. The fourth-order valence-corrected chi connectivity index (χ4v) is 8.88. The van der Waals surface area contributed by atoms with Crippen LogP contribution in [-0.4, -0.2) is 75.0 Å². The van der Waals surface area contributed by atoms with Crippen LogP contribution in [-0.2, 0) is 33.3 Å². The van der Waals surface area contributed by atoms with Crippen molar-refractivity contribution in [2.24, 2.45) is 11.8 Å². The fourth-order valence-electron chi connectivity index (χ4n) is 8.88. The molecule has 0 aromatic rings. The quantitative estimate of drug-likeness (QED) is 0.0340. The number of carbonyl (C=O) groups excluding carboxylic acids is 3. The standard InChI is InChI=1S/C53H101NO7/c1-5-9-23-32-48(33-24-10-6-2)46-52(56)59-42-29-21-17-13-15-19-27-36-50(61-51(55)38-31-39-54-40-44-58-45-41-54)37-28-20-16-14-18-22-30-43-60-53(57)47-49(34-25-11-7-3)35-26-12-8-4/h48-50H,5-47H2,1-4H3. The van der Waals surface area contributed by atoms with Gasteiger partial charge in [-0.3, -0.25) is 19.3 Å². The summed E-state index contributed by atoms with van der Waals surface area (Å²) in [5, 5.41) is 0. The maximum Gasteiger partial charge on any atom is 0.306 e. The number of nitrogens with zero attached hydrogens (tertiary/aromatic N) is 1. The lowest BCUT2D eigenvalue weighted by molar-refractivity contribution is -0.150. The second kappa shape index (κ2) is 43.6. The van der Waals surface area contributed by atoms with Crippen LogP contribution in [0, 0.1) is 11.8 Å². The zero-order valence-electron chi connectivity index (χ0n) is 40.9. The summed E-state index contributed by atoms with van der Waals surface area (Å²) in [6.45, 7) is 14.5. The van der Waals surface area contributed by atoms with Gasteiger partial charge in [0.05, 0.1) is 26.4 Å². The average molecular weight is 864 g/mol. The van der Waals surface area contributed by atoms with Gasteiger partial charge in [-0.15, -0.1) is 0 Å². The van der Waals surface area contributed by atoms with Crippen molar-refractivity contribution < 1.29 is 33.3 Å². The molecule has 0 aromatic heterocycles. The highest BCUT2D eigenvalue weighted by molar-refractivity contribution is 5.70. The van der Waals surface area contributed by atoms with E-state index in [1.54, 1.807) is 0 Å². The van der Waals surface area contributed by atoms with Crippen molar-refractivity contribution in [2.75, 3.05) is 46.1 Å². The number of unbranched alkanes of at least 4 members (excludes halogenated alkanes) is 20. The Bertz CT molecular complexity index is 908. The molecule has 1 rings (SSSR count). The highest BCUT2D eigenvalue weighted by atomic mass is 16.5. The Morgan fingerprint density at radius 3 is 1.20 bits per heavy atom. The van der Waals surface area contributed by atoms with E-state index in [1.807, 2.05) is 0 Å². The van der Waals surface area contributed by atoms with Gasteiger partial charge in [0.1, 0.15) is 6.10 Å². The molecule has 0 spiro atoms. The van der Waals surface area contributed by atoms with E-state index < -0.39 is 0 Å². The average Bonchev–Trinajstić information content (AvgIpc) is 3.25. The van der Waals surface area contributed by atoms with Crippen molar-refractivity contribution in [3.63, 3.8) is 0 Å². The van der Waals surface area contributed by atoms with Crippen LogP contribution in [0.1, 0.15) is 259 Å². The minimum Gasteiger partial charge on any atom is -0.466 e. The summed E-state index contributed by atoms with van der Waals surface area (Å²) in [6, 6.07) is 0. The molecule has 8 nitrogen and oxygen atoms in total. The van der Waals surface area contributed by atoms with Crippen LogP contribution >= 0.6 is 0 Å². The maximum atomic E-state index is 12.9. The van der Waals surface area contributed by atoms with Gasteiger partial charge in [-0.05, 0) is 89.0 Å². The largest absolute Gasteiger partial charge is 0.466 e. The Hall–Kier alpha value is -1.67. The number of carbonyl (C=O) groups is 3. The summed E-state index contributed by atoms with van der Waals surface area (Å²) < 4.78 is 22.9. The molecular weight excluding hydrogens is 763 g/mol. The van der Waals surface area contributed by atoms with Gasteiger partial charge in [0, 0.05) is 32.4 Å². The second-order valence-corrected chi connectivity index (χ2v) is 18.8. The molecule has 0 amide bonds. The third-order valence-corrected chi connectivity index (χ3v) is 12.9. The first kappa shape index (κ1) is 57.3. The lowest BCUT2D eigenvalue weighted by Crippen LogP contribution is -2.37. The Balaban J connectivity index is 2.28. The van der Waals surface area contributed by atoms with E-state index in [2.05, 4.69) is 32.6 Å². The monoisotopic (exact) mass is 864 g/mol. The summed E-state index contributed by atoms with van der Waals surface area (Å²) in [5.41, 5.74) is 0. The lowest BCUT2D eigenvalue weighted by atomic mass is 9.92. The molecule has 1 aliphatic rings. The van der Waals surface area contributed by atoms with Crippen molar-refractivity contribution >= 4 is 17.9 Å². The summed E-state index contributed by atoms with van der Waals surface area (Å²) >= 11 is 0. The summed E-state index contributed by atoms with van der Waals surface area (Å²) in [5.74, 6) is 0.955. The van der Waals surface area contributed by atoms with Crippen LogP contribution < -0.4 is 0 Å². The van der Waals surface area contributed by atoms with Gasteiger partial charge in [-0.25, -0.2) is 0 Å². The minimum atomic E-state index is -0.0355. The summed E-state index contributed by atoms with van der Waals surface area (Å²) in [6.07, 6.45) is 39.8. The predicted molar refractivity (Wildman–Crippen MR) is 255 cm³/mol. The zero-order chi connectivity index (χ0) is 44.3. The van der Waals surface area contributed by atoms with Crippen LogP contribution in [0.4, 0.5) is 0 Å². The summed E-state index contributed by atoms with van der Waals surface area (Å²) in [4.78, 5) is 40.4. The van der Waals surface area contributed by atoms with Gasteiger partial charge >= 0.3 is 17.9 Å². The van der Waals surface area contributed by atoms with E-state index in [9.17, 15) is 14.4 Å².